The number of benzene rings is 16. The Balaban J connectivity index is 0.000000126. The highest BCUT2D eigenvalue weighted by molar-refractivity contribution is 9.11. The summed E-state index contributed by atoms with van der Waals surface area (Å²) in [5.74, 6) is 0. The monoisotopic (exact) mass is 1590 g/mol. The molecule has 2 aromatic heterocycles. The lowest BCUT2D eigenvalue weighted by Crippen LogP contribution is -2.41. The topological polar surface area (TPSA) is 18.5 Å². The van der Waals surface area contributed by atoms with Crippen LogP contribution in [0.25, 0.3) is 129 Å². The Morgan fingerprint density at radius 3 is 0.777 bits per heavy atom. The van der Waals surface area contributed by atoms with E-state index in [-0.39, 0.29) is 27.4 Å². The lowest BCUT2D eigenvalue weighted by Gasteiger charge is -2.32. The predicted octanol–water partition coefficient (Wildman–Crippen LogP) is 28.0. The molecule has 25 rings (SSSR count). The van der Waals surface area contributed by atoms with Crippen LogP contribution in [-0.4, -0.2) is 18.3 Å². The summed E-state index contributed by atoms with van der Waals surface area (Å²) in [7, 11) is -0.407. The Hall–Kier alpha value is -11.1. The molecule has 3 spiro atoms. The van der Waals surface area contributed by atoms with Crippen molar-refractivity contribution in [3.63, 3.8) is 0 Å². The Labute approximate surface area is 676 Å². The van der Waals surface area contributed by atoms with Gasteiger partial charge in [-0.3, -0.25) is 0 Å². The molecule has 530 valence electrons. The molecular weight excluding hydrogens is 1530 g/mol. The van der Waals surface area contributed by atoms with E-state index in [2.05, 4.69) is 405 Å². The number of rotatable bonds is 3. The second-order valence-electron chi connectivity index (χ2n) is 31.8. The predicted molar refractivity (Wildman–Crippen MR) is 476 cm³/mol. The molecule has 0 saturated carbocycles. The quantitative estimate of drug-likeness (QED) is 0.164. The van der Waals surface area contributed by atoms with Gasteiger partial charge >= 0.3 is 7.12 Å². The molecule has 0 unspecified atom stereocenters. The maximum absolute atomic E-state index is 6.56. The smallest absolute Gasteiger partial charge is 0.399 e. The summed E-state index contributed by atoms with van der Waals surface area (Å²) in [6, 6.07) is 129. The minimum Gasteiger partial charge on any atom is -0.399 e. The van der Waals surface area contributed by atoms with Gasteiger partial charge in [0.15, 0.2) is 0 Å². The highest BCUT2D eigenvalue weighted by Gasteiger charge is 2.58. The van der Waals surface area contributed by atoms with Crippen molar-refractivity contribution in [1.29, 1.82) is 0 Å². The van der Waals surface area contributed by atoms with Gasteiger partial charge in [0.2, 0.25) is 0 Å². The SMILES string of the molecule is Brc1cccc2c1sc1c(Br)cccc12.CC1(C)OB(c2cccc3c2-c2ccccc2C32c3ccccc3-c3ccccc32)OC1(C)C.c1ccc2c(c1)-c1ccccc1C21c2ccccc2-c2c(-c3cccc4c3sc3c(-c5cccc6c5-c5ccccc5C65c6ccccc6-c6ccccc65)cccc34)cccc21. The lowest BCUT2D eigenvalue weighted by atomic mass is 9.69. The van der Waals surface area contributed by atoms with Crippen LogP contribution in [0.1, 0.15) is 94.5 Å². The molecule has 0 N–H and O–H groups in total. The number of hydrogen-bond acceptors (Lipinski definition) is 4. The van der Waals surface area contributed by atoms with Crippen LogP contribution in [0.4, 0.5) is 0 Å². The summed E-state index contributed by atoms with van der Waals surface area (Å²) in [5, 5.41) is 5.27. The van der Waals surface area contributed by atoms with E-state index >= 15 is 0 Å². The first kappa shape index (κ1) is 66.7. The van der Waals surface area contributed by atoms with E-state index in [0.29, 0.717) is 0 Å². The van der Waals surface area contributed by atoms with Gasteiger partial charge in [0.25, 0.3) is 0 Å². The van der Waals surface area contributed by atoms with Gasteiger partial charge in [0.05, 0.1) is 27.4 Å². The Morgan fingerprint density at radius 2 is 0.438 bits per heavy atom. The van der Waals surface area contributed by atoms with Crippen LogP contribution in [0.15, 0.2) is 355 Å². The van der Waals surface area contributed by atoms with E-state index in [9.17, 15) is 0 Å². The Kier molecular flexibility index (Phi) is 14.6. The van der Waals surface area contributed by atoms with E-state index in [1.807, 2.05) is 22.7 Å². The Morgan fingerprint density at radius 1 is 0.214 bits per heavy atom. The van der Waals surface area contributed by atoms with Crippen molar-refractivity contribution in [3.05, 3.63) is 421 Å². The zero-order valence-corrected chi connectivity index (χ0v) is 66.7. The molecule has 0 amide bonds. The molecular formula is C105H69BBr2O2S2. The van der Waals surface area contributed by atoms with E-state index in [1.165, 1.54) is 205 Å². The van der Waals surface area contributed by atoms with Gasteiger partial charge in [-0.05, 0) is 222 Å². The molecule has 0 bridgehead atoms. The van der Waals surface area contributed by atoms with Crippen molar-refractivity contribution in [2.75, 3.05) is 0 Å². The number of thiophene rings is 2. The lowest BCUT2D eigenvalue weighted by molar-refractivity contribution is 0.00578. The summed E-state index contributed by atoms with van der Waals surface area (Å²) in [5.41, 5.74) is 36.7. The normalized spacial score (nSPS) is 15.7. The summed E-state index contributed by atoms with van der Waals surface area (Å²) in [4.78, 5) is 0. The molecule has 7 aliphatic rings. The third-order valence-electron chi connectivity index (χ3n) is 26.1. The van der Waals surface area contributed by atoms with Crippen LogP contribution in [0, 0.1) is 0 Å². The first-order valence-corrected chi connectivity index (χ1v) is 42.0. The Bertz CT molecular complexity index is 6660. The van der Waals surface area contributed by atoms with Crippen LogP contribution in [0.3, 0.4) is 0 Å². The molecule has 16 aromatic carbocycles. The molecule has 112 heavy (non-hydrogen) atoms. The van der Waals surface area contributed by atoms with Gasteiger partial charge in [-0.2, -0.15) is 0 Å². The molecule has 1 fully saturated rings. The molecule has 3 heterocycles. The van der Waals surface area contributed by atoms with Crippen LogP contribution in [-0.2, 0) is 25.6 Å². The maximum atomic E-state index is 6.56. The van der Waals surface area contributed by atoms with Crippen molar-refractivity contribution in [1.82, 2.24) is 0 Å². The van der Waals surface area contributed by atoms with Gasteiger partial charge in [-0.15, -0.1) is 22.7 Å². The minimum atomic E-state index is -0.407. The van der Waals surface area contributed by atoms with Gasteiger partial charge in [0, 0.05) is 60.4 Å². The third-order valence-corrected chi connectivity index (χ3v) is 30.6. The van der Waals surface area contributed by atoms with E-state index in [0.717, 1.165) is 5.46 Å². The van der Waals surface area contributed by atoms with Crippen LogP contribution in [0.5, 0.6) is 0 Å². The molecule has 0 radical (unpaired) electrons. The molecule has 0 atom stereocenters. The first-order valence-electron chi connectivity index (χ1n) is 38.8. The van der Waals surface area contributed by atoms with E-state index in [1.54, 1.807) is 0 Å². The second kappa shape index (κ2) is 24.5. The summed E-state index contributed by atoms with van der Waals surface area (Å²) >= 11 is 11.0. The number of hydrogen-bond donors (Lipinski definition) is 0. The van der Waals surface area contributed by atoms with E-state index < -0.39 is 7.12 Å². The fourth-order valence-electron chi connectivity index (χ4n) is 21.1. The minimum absolute atomic E-state index is 0.335. The van der Waals surface area contributed by atoms with Crippen LogP contribution in [0.2, 0.25) is 0 Å². The van der Waals surface area contributed by atoms with Gasteiger partial charge in [-0.25, -0.2) is 0 Å². The average molecular weight is 1600 g/mol. The largest absolute Gasteiger partial charge is 0.495 e. The number of halogens is 2. The summed E-state index contributed by atoms with van der Waals surface area (Å²) in [6.45, 7) is 8.48. The van der Waals surface area contributed by atoms with Gasteiger partial charge in [-0.1, -0.05) is 334 Å². The van der Waals surface area contributed by atoms with Crippen molar-refractivity contribution in [3.8, 4) is 89.0 Å². The highest BCUT2D eigenvalue weighted by atomic mass is 79.9. The molecule has 2 nitrogen and oxygen atoms in total. The zero-order chi connectivity index (χ0) is 74.7. The van der Waals surface area contributed by atoms with Crippen molar-refractivity contribution < 1.29 is 9.31 Å². The van der Waals surface area contributed by atoms with Gasteiger partial charge in [0.1, 0.15) is 0 Å². The highest BCUT2D eigenvalue weighted by Crippen LogP contribution is 2.68. The fraction of sp³-hybridized carbons (Fsp3) is 0.0857. The van der Waals surface area contributed by atoms with E-state index in [4.69, 9.17) is 9.31 Å². The van der Waals surface area contributed by atoms with Crippen molar-refractivity contribution in [2.45, 2.75) is 55.1 Å². The van der Waals surface area contributed by atoms with Crippen LogP contribution < -0.4 is 5.46 Å². The molecule has 1 aliphatic heterocycles. The van der Waals surface area contributed by atoms with Gasteiger partial charge < -0.3 is 9.31 Å². The average Bonchev–Trinajstić information content (AvgIpc) is 1.52. The molecule has 1 saturated heterocycles. The van der Waals surface area contributed by atoms with Crippen LogP contribution >= 0.6 is 54.5 Å². The molecule has 18 aromatic rings. The van der Waals surface area contributed by atoms with Crippen molar-refractivity contribution >= 4 is 107 Å². The third kappa shape index (κ3) is 8.76. The van der Waals surface area contributed by atoms with Crippen molar-refractivity contribution in [2.24, 2.45) is 0 Å². The molecule has 6 aliphatic carbocycles. The summed E-state index contributed by atoms with van der Waals surface area (Å²) < 4.78 is 20.8. The second-order valence-corrected chi connectivity index (χ2v) is 35.5. The number of fused-ring (bicyclic) bond motifs is 36. The standard InChI is InChI=1S/C62H36S.C31H27BO2.C12H6Br2S/c1-7-29-49-37(17-1)38-18-2-8-30-50(38)61(49)53-33-11-5-21-47(53)57-41(23-15-35-55(57)61)43-25-13-27-45-46-28-14-26-44(60(46)63-59(43)45)42-24-16-36-56-58(42)48-22-6-12-34-54(48)62(56)51-31-9-3-19-39(51)40-20-4-10-32-52(40)62;1-29(2)30(3,4)34-32(33-29)27-19-11-18-26-28(27)22-14-7-10-17-25(22)31(26)23-15-8-5-12-20(23)21-13-6-9-16-24(21)31;13-9-5-1-3-7-8-4-2-6-10(14)12(8)15-11(7)9/h1-36H;5-19H,1-4H3;1-6H. The zero-order valence-electron chi connectivity index (χ0n) is 61.9. The maximum Gasteiger partial charge on any atom is 0.495 e. The first-order chi connectivity index (χ1) is 54.9. The fourth-order valence-corrected chi connectivity index (χ4v) is 24.8. The molecule has 7 heteroatoms. The summed E-state index contributed by atoms with van der Waals surface area (Å²) in [6.07, 6.45) is 0.